The van der Waals surface area contributed by atoms with E-state index in [1.807, 2.05) is 6.07 Å². The first-order chi connectivity index (χ1) is 8.64. The standard InChI is InChI=1S/C13H18N2O2S/c16-18(17)7-5-15(6-8-18)12-9-11-3-1-2-4-13(11)14-10-12/h1-4,12,14H,5-10H2. The first-order valence-corrected chi connectivity index (χ1v) is 8.22. The second kappa shape index (κ2) is 4.55. The fourth-order valence-electron chi connectivity index (χ4n) is 2.77. The van der Waals surface area contributed by atoms with Crippen molar-refractivity contribution in [1.29, 1.82) is 0 Å². The lowest BCUT2D eigenvalue weighted by Gasteiger charge is -2.37. The van der Waals surface area contributed by atoms with E-state index in [2.05, 4.69) is 28.4 Å². The zero-order valence-corrected chi connectivity index (χ0v) is 11.1. The van der Waals surface area contributed by atoms with Gasteiger partial charge in [-0.05, 0) is 18.1 Å². The topological polar surface area (TPSA) is 49.4 Å². The van der Waals surface area contributed by atoms with Crippen LogP contribution in [-0.4, -0.2) is 50.5 Å². The summed E-state index contributed by atoms with van der Waals surface area (Å²) >= 11 is 0. The molecule has 1 saturated heterocycles. The SMILES string of the molecule is O=S1(=O)CCN(C2CNc3ccccc3C2)CC1. The van der Waals surface area contributed by atoms with Gasteiger partial charge in [-0.1, -0.05) is 18.2 Å². The van der Waals surface area contributed by atoms with Gasteiger partial charge < -0.3 is 5.32 Å². The molecule has 1 N–H and O–H groups in total. The van der Waals surface area contributed by atoms with Gasteiger partial charge in [0.2, 0.25) is 0 Å². The first kappa shape index (κ1) is 12.0. The Morgan fingerprint density at radius 3 is 2.67 bits per heavy atom. The lowest BCUT2D eigenvalue weighted by Crippen LogP contribution is -2.50. The molecule has 1 aromatic rings. The number of sulfone groups is 1. The molecule has 1 fully saturated rings. The normalized spacial score (nSPS) is 27.2. The van der Waals surface area contributed by atoms with Crippen LogP contribution in [0.5, 0.6) is 0 Å². The molecule has 0 spiro atoms. The van der Waals surface area contributed by atoms with E-state index in [-0.39, 0.29) is 0 Å². The fourth-order valence-corrected chi connectivity index (χ4v) is 4.00. The van der Waals surface area contributed by atoms with Gasteiger partial charge in [0.15, 0.2) is 9.84 Å². The van der Waals surface area contributed by atoms with Crippen LogP contribution in [0.3, 0.4) is 0 Å². The first-order valence-electron chi connectivity index (χ1n) is 6.40. The fraction of sp³-hybridized carbons (Fsp3) is 0.538. The highest BCUT2D eigenvalue weighted by Crippen LogP contribution is 2.24. The highest BCUT2D eigenvalue weighted by atomic mass is 32.2. The molecular formula is C13H18N2O2S. The number of nitrogens with one attached hydrogen (secondary N) is 1. The monoisotopic (exact) mass is 266 g/mol. The van der Waals surface area contributed by atoms with Crippen LogP contribution < -0.4 is 5.32 Å². The second-order valence-corrected chi connectivity index (χ2v) is 7.39. The molecule has 18 heavy (non-hydrogen) atoms. The minimum atomic E-state index is -2.78. The Hall–Kier alpha value is -1.07. The molecule has 5 heteroatoms. The van der Waals surface area contributed by atoms with E-state index in [0.29, 0.717) is 30.6 Å². The van der Waals surface area contributed by atoms with Crippen molar-refractivity contribution in [3.8, 4) is 0 Å². The Labute approximate surface area is 108 Å². The molecule has 0 amide bonds. The Kier molecular flexibility index (Phi) is 3.03. The van der Waals surface area contributed by atoms with E-state index >= 15 is 0 Å². The third-order valence-corrected chi connectivity index (χ3v) is 5.51. The maximum atomic E-state index is 11.4. The van der Waals surface area contributed by atoms with E-state index in [1.54, 1.807) is 0 Å². The molecule has 0 bridgehead atoms. The number of rotatable bonds is 1. The molecule has 2 aliphatic rings. The molecule has 0 aromatic heterocycles. The number of hydrogen-bond acceptors (Lipinski definition) is 4. The molecule has 0 radical (unpaired) electrons. The summed E-state index contributed by atoms with van der Waals surface area (Å²) in [4.78, 5) is 2.31. The molecule has 2 aliphatic heterocycles. The van der Waals surface area contributed by atoms with Crippen LogP contribution in [0.1, 0.15) is 5.56 Å². The summed E-state index contributed by atoms with van der Waals surface area (Å²) in [5.74, 6) is 0.621. The zero-order valence-electron chi connectivity index (χ0n) is 10.3. The van der Waals surface area contributed by atoms with Crippen molar-refractivity contribution < 1.29 is 8.42 Å². The third kappa shape index (κ3) is 2.37. The van der Waals surface area contributed by atoms with Crippen LogP contribution in [0, 0.1) is 0 Å². The molecule has 3 rings (SSSR count). The van der Waals surface area contributed by atoms with Gasteiger partial charge >= 0.3 is 0 Å². The highest BCUT2D eigenvalue weighted by molar-refractivity contribution is 7.91. The average molecular weight is 266 g/mol. The van der Waals surface area contributed by atoms with E-state index in [0.717, 1.165) is 13.0 Å². The Morgan fingerprint density at radius 1 is 1.17 bits per heavy atom. The van der Waals surface area contributed by atoms with Crippen molar-refractivity contribution in [3.05, 3.63) is 29.8 Å². The molecule has 1 unspecified atom stereocenters. The smallest absolute Gasteiger partial charge is 0.152 e. The molecule has 2 heterocycles. The van der Waals surface area contributed by atoms with Gasteiger partial charge in [0.25, 0.3) is 0 Å². The van der Waals surface area contributed by atoms with Crippen LogP contribution in [0.4, 0.5) is 5.69 Å². The summed E-state index contributed by atoms with van der Waals surface area (Å²) in [5, 5.41) is 3.44. The van der Waals surface area contributed by atoms with Gasteiger partial charge in [-0.15, -0.1) is 0 Å². The minimum Gasteiger partial charge on any atom is -0.383 e. The number of benzene rings is 1. The van der Waals surface area contributed by atoms with Crippen molar-refractivity contribution in [1.82, 2.24) is 4.90 Å². The summed E-state index contributed by atoms with van der Waals surface area (Å²) < 4.78 is 22.9. The third-order valence-electron chi connectivity index (χ3n) is 3.90. The minimum absolute atomic E-state index is 0.311. The maximum absolute atomic E-state index is 11.4. The molecule has 0 saturated carbocycles. The van der Waals surface area contributed by atoms with Gasteiger partial charge in [0, 0.05) is 31.4 Å². The Balaban J connectivity index is 1.70. The molecular weight excluding hydrogens is 248 g/mol. The van der Waals surface area contributed by atoms with Gasteiger partial charge in [0.1, 0.15) is 0 Å². The lowest BCUT2D eigenvalue weighted by molar-refractivity contribution is 0.216. The quantitative estimate of drug-likeness (QED) is 0.815. The van der Waals surface area contributed by atoms with Crippen molar-refractivity contribution in [3.63, 3.8) is 0 Å². The van der Waals surface area contributed by atoms with Crippen LogP contribution in [-0.2, 0) is 16.3 Å². The highest BCUT2D eigenvalue weighted by Gasteiger charge is 2.29. The summed E-state index contributed by atoms with van der Waals surface area (Å²) in [6, 6.07) is 8.78. The molecule has 0 aliphatic carbocycles. The van der Waals surface area contributed by atoms with Crippen LogP contribution in [0.2, 0.25) is 0 Å². The molecule has 1 atom stereocenters. The average Bonchev–Trinajstić information content (AvgIpc) is 2.38. The number of nitrogens with zero attached hydrogens (tertiary/aromatic N) is 1. The van der Waals surface area contributed by atoms with Crippen molar-refractivity contribution in [2.45, 2.75) is 12.5 Å². The Morgan fingerprint density at radius 2 is 1.89 bits per heavy atom. The van der Waals surface area contributed by atoms with Crippen molar-refractivity contribution in [2.24, 2.45) is 0 Å². The zero-order chi connectivity index (χ0) is 12.6. The van der Waals surface area contributed by atoms with E-state index < -0.39 is 9.84 Å². The summed E-state index contributed by atoms with van der Waals surface area (Å²) in [7, 11) is -2.78. The van der Waals surface area contributed by atoms with Gasteiger partial charge in [-0.3, -0.25) is 4.90 Å². The second-order valence-electron chi connectivity index (χ2n) is 5.08. The predicted molar refractivity (Wildman–Crippen MR) is 72.7 cm³/mol. The van der Waals surface area contributed by atoms with Gasteiger partial charge in [-0.25, -0.2) is 8.42 Å². The Bertz CT molecular complexity index is 528. The largest absolute Gasteiger partial charge is 0.383 e. The number of fused-ring (bicyclic) bond motifs is 1. The van der Waals surface area contributed by atoms with Crippen LogP contribution >= 0.6 is 0 Å². The predicted octanol–water partition coefficient (Wildman–Crippen LogP) is 0.754. The number of para-hydroxylation sites is 1. The van der Waals surface area contributed by atoms with Crippen molar-refractivity contribution in [2.75, 3.05) is 36.5 Å². The van der Waals surface area contributed by atoms with E-state index in [4.69, 9.17) is 0 Å². The summed E-state index contributed by atoms with van der Waals surface area (Å²) in [5.41, 5.74) is 2.56. The van der Waals surface area contributed by atoms with Crippen LogP contribution in [0.25, 0.3) is 0 Å². The van der Waals surface area contributed by atoms with E-state index in [1.165, 1.54) is 11.3 Å². The van der Waals surface area contributed by atoms with Crippen molar-refractivity contribution >= 4 is 15.5 Å². The van der Waals surface area contributed by atoms with E-state index in [9.17, 15) is 8.42 Å². The molecule has 98 valence electrons. The van der Waals surface area contributed by atoms with Gasteiger partial charge in [0.05, 0.1) is 11.5 Å². The lowest BCUT2D eigenvalue weighted by atomic mass is 9.98. The molecule has 1 aromatic carbocycles. The maximum Gasteiger partial charge on any atom is 0.152 e. The summed E-state index contributed by atoms with van der Waals surface area (Å²) in [6.07, 6.45) is 1.02. The summed E-state index contributed by atoms with van der Waals surface area (Å²) in [6.45, 7) is 2.27. The number of hydrogen-bond donors (Lipinski definition) is 1. The van der Waals surface area contributed by atoms with Crippen LogP contribution in [0.15, 0.2) is 24.3 Å². The van der Waals surface area contributed by atoms with Gasteiger partial charge in [-0.2, -0.15) is 0 Å². The molecule has 4 nitrogen and oxygen atoms in total. The number of anilines is 1.